The van der Waals surface area contributed by atoms with Crippen molar-refractivity contribution in [3.05, 3.63) is 23.7 Å². The zero-order chi connectivity index (χ0) is 14.4. The van der Waals surface area contributed by atoms with Gasteiger partial charge in [0, 0.05) is 31.3 Å². The molecule has 0 aliphatic heterocycles. The zero-order valence-electron chi connectivity index (χ0n) is 13.0. The van der Waals surface area contributed by atoms with Crippen molar-refractivity contribution in [1.82, 2.24) is 10.2 Å². The fraction of sp³-hybridized carbons (Fsp3) is 0.750. The number of hydrogen-bond acceptors (Lipinski definition) is 4. The maximum Gasteiger partial charge on any atom is 0.122 e. The molecule has 0 unspecified atom stereocenters. The van der Waals surface area contributed by atoms with Crippen molar-refractivity contribution in [3.8, 4) is 0 Å². The molecule has 2 rings (SSSR count). The fourth-order valence-electron chi connectivity index (χ4n) is 2.08. The van der Waals surface area contributed by atoms with Gasteiger partial charge in [-0.1, -0.05) is 13.8 Å². The summed E-state index contributed by atoms with van der Waals surface area (Å²) in [6, 6.07) is 2.54. The molecule has 114 valence electrons. The second kappa shape index (κ2) is 7.81. The van der Waals surface area contributed by atoms with Crippen molar-refractivity contribution >= 4 is 0 Å². The van der Waals surface area contributed by atoms with E-state index in [0.29, 0.717) is 6.04 Å². The predicted molar refractivity (Wildman–Crippen MR) is 80.6 cm³/mol. The van der Waals surface area contributed by atoms with Crippen LogP contribution in [0.2, 0.25) is 0 Å². The smallest absolute Gasteiger partial charge is 0.122 e. The topological polar surface area (TPSA) is 37.6 Å². The third-order valence-electron chi connectivity index (χ3n) is 3.62. The van der Waals surface area contributed by atoms with Crippen LogP contribution in [0.3, 0.4) is 0 Å². The van der Waals surface area contributed by atoms with E-state index in [2.05, 4.69) is 37.2 Å². The first kappa shape index (κ1) is 15.5. The first-order valence-corrected chi connectivity index (χ1v) is 7.70. The Morgan fingerprint density at radius 1 is 1.45 bits per heavy atom. The normalized spacial score (nSPS) is 15.4. The molecular weight excluding hydrogens is 252 g/mol. The summed E-state index contributed by atoms with van der Waals surface area (Å²) < 4.78 is 11.2. The number of likely N-dealkylation sites (N-methyl/N-ethyl adjacent to an activating group) is 1. The molecule has 1 aliphatic rings. The molecule has 4 heteroatoms. The lowest BCUT2D eigenvalue weighted by atomic mass is 10.2. The van der Waals surface area contributed by atoms with E-state index < -0.39 is 0 Å². The van der Waals surface area contributed by atoms with Gasteiger partial charge in [-0.3, -0.25) is 4.90 Å². The van der Waals surface area contributed by atoms with Crippen LogP contribution in [0.5, 0.6) is 0 Å². The molecule has 1 fully saturated rings. The maximum atomic E-state index is 5.68. The van der Waals surface area contributed by atoms with Gasteiger partial charge in [0.1, 0.15) is 5.76 Å². The van der Waals surface area contributed by atoms with Gasteiger partial charge in [0.05, 0.1) is 19.4 Å². The van der Waals surface area contributed by atoms with E-state index in [1.807, 2.05) is 0 Å². The van der Waals surface area contributed by atoms with Crippen LogP contribution in [-0.4, -0.2) is 37.7 Å². The van der Waals surface area contributed by atoms with Crippen LogP contribution in [0.25, 0.3) is 0 Å². The predicted octanol–water partition coefficient (Wildman–Crippen LogP) is 2.64. The monoisotopic (exact) mass is 280 g/mol. The van der Waals surface area contributed by atoms with E-state index in [4.69, 9.17) is 9.15 Å². The molecule has 20 heavy (non-hydrogen) atoms. The first-order chi connectivity index (χ1) is 9.65. The summed E-state index contributed by atoms with van der Waals surface area (Å²) in [7, 11) is 2.13. The number of ether oxygens (including phenoxy) is 1. The Bertz CT molecular complexity index is 386. The minimum absolute atomic E-state index is 0.474. The zero-order valence-corrected chi connectivity index (χ0v) is 13.0. The Balaban J connectivity index is 1.66. The Kier molecular flexibility index (Phi) is 6.07. The van der Waals surface area contributed by atoms with Crippen molar-refractivity contribution in [2.45, 2.75) is 45.8 Å². The molecule has 0 radical (unpaired) electrons. The molecule has 0 atom stereocenters. The second-order valence-corrected chi connectivity index (χ2v) is 6.16. The summed E-state index contributed by atoms with van der Waals surface area (Å²) >= 11 is 0. The molecule has 1 saturated carbocycles. The molecule has 4 nitrogen and oxygen atoms in total. The highest BCUT2D eigenvalue weighted by Crippen LogP contribution is 2.28. The average Bonchev–Trinajstić information content (AvgIpc) is 3.12. The van der Waals surface area contributed by atoms with E-state index in [0.717, 1.165) is 44.5 Å². The summed E-state index contributed by atoms with van der Waals surface area (Å²) in [5.74, 6) is 1.90. The van der Waals surface area contributed by atoms with Gasteiger partial charge in [-0.25, -0.2) is 0 Å². The molecular formula is C16H28N2O2. The van der Waals surface area contributed by atoms with Crippen LogP contribution in [0, 0.1) is 5.92 Å². The number of hydrogen-bond donors (Lipinski definition) is 1. The third-order valence-corrected chi connectivity index (χ3v) is 3.62. The van der Waals surface area contributed by atoms with Crippen LogP contribution in [0.15, 0.2) is 16.7 Å². The molecule has 1 aromatic rings. The maximum absolute atomic E-state index is 5.68. The summed E-state index contributed by atoms with van der Waals surface area (Å²) in [5.41, 5.74) is 1.27. The van der Waals surface area contributed by atoms with Crippen LogP contribution >= 0.6 is 0 Å². The van der Waals surface area contributed by atoms with E-state index in [-0.39, 0.29) is 0 Å². The van der Waals surface area contributed by atoms with Crippen LogP contribution < -0.4 is 5.32 Å². The fourth-order valence-corrected chi connectivity index (χ4v) is 2.08. The summed E-state index contributed by atoms with van der Waals surface area (Å²) in [4.78, 5) is 2.29. The Morgan fingerprint density at radius 3 is 2.95 bits per heavy atom. The quantitative estimate of drug-likeness (QED) is 0.669. The lowest BCUT2D eigenvalue weighted by Crippen LogP contribution is -2.25. The van der Waals surface area contributed by atoms with Crippen molar-refractivity contribution in [2.75, 3.05) is 26.8 Å². The SMILES string of the molecule is CC(C)NCc1occc1CN(C)CCOCC1CC1. The minimum atomic E-state index is 0.474. The van der Waals surface area contributed by atoms with Gasteiger partial charge in [0.25, 0.3) is 0 Å². The molecule has 0 amide bonds. The molecule has 1 heterocycles. The number of nitrogens with zero attached hydrogens (tertiary/aromatic N) is 1. The van der Waals surface area contributed by atoms with Gasteiger partial charge in [-0.2, -0.15) is 0 Å². The van der Waals surface area contributed by atoms with E-state index >= 15 is 0 Å². The van der Waals surface area contributed by atoms with Crippen molar-refractivity contribution in [3.63, 3.8) is 0 Å². The molecule has 0 saturated heterocycles. The Morgan fingerprint density at radius 2 is 2.25 bits per heavy atom. The van der Waals surface area contributed by atoms with Crippen LogP contribution in [-0.2, 0) is 17.8 Å². The van der Waals surface area contributed by atoms with Crippen LogP contribution in [0.4, 0.5) is 0 Å². The van der Waals surface area contributed by atoms with Gasteiger partial charge in [-0.05, 0) is 31.9 Å². The first-order valence-electron chi connectivity index (χ1n) is 7.70. The molecule has 0 spiro atoms. The summed E-state index contributed by atoms with van der Waals surface area (Å²) in [6.07, 6.45) is 4.50. The van der Waals surface area contributed by atoms with Gasteiger partial charge in [0.2, 0.25) is 0 Å². The van der Waals surface area contributed by atoms with E-state index in [1.165, 1.54) is 18.4 Å². The minimum Gasteiger partial charge on any atom is -0.468 e. The van der Waals surface area contributed by atoms with Gasteiger partial charge in [-0.15, -0.1) is 0 Å². The highest BCUT2D eigenvalue weighted by molar-refractivity contribution is 5.16. The lowest BCUT2D eigenvalue weighted by molar-refractivity contribution is 0.102. The highest BCUT2D eigenvalue weighted by atomic mass is 16.5. The van der Waals surface area contributed by atoms with Crippen molar-refractivity contribution in [2.24, 2.45) is 5.92 Å². The molecule has 1 aliphatic carbocycles. The molecule has 1 aromatic heterocycles. The summed E-state index contributed by atoms with van der Waals surface area (Å²) in [5, 5.41) is 3.40. The number of furan rings is 1. The summed E-state index contributed by atoms with van der Waals surface area (Å²) in [6.45, 7) is 8.74. The largest absolute Gasteiger partial charge is 0.468 e. The average molecular weight is 280 g/mol. The Labute approximate surface area is 122 Å². The van der Waals surface area contributed by atoms with Crippen molar-refractivity contribution < 1.29 is 9.15 Å². The lowest BCUT2D eigenvalue weighted by Gasteiger charge is -2.17. The van der Waals surface area contributed by atoms with E-state index in [1.54, 1.807) is 6.26 Å². The van der Waals surface area contributed by atoms with Gasteiger partial charge >= 0.3 is 0 Å². The highest BCUT2D eigenvalue weighted by Gasteiger charge is 2.21. The molecule has 0 aromatic carbocycles. The third kappa shape index (κ3) is 5.65. The van der Waals surface area contributed by atoms with Gasteiger partial charge in [0.15, 0.2) is 0 Å². The number of rotatable bonds is 10. The number of nitrogens with one attached hydrogen (secondary N) is 1. The van der Waals surface area contributed by atoms with E-state index in [9.17, 15) is 0 Å². The molecule has 1 N–H and O–H groups in total. The standard InChI is InChI=1S/C16H28N2O2/c1-13(2)17-10-16-15(6-8-20-16)11-18(3)7-9-19-12-14-4-5-14/h6,8,13-14,17H,4-5,7,9-12H2,1-3H3. The van der Waals surface area contributed by atoms with Crippen LogP contribution in [0.1, 0.15) is 38.0 Å². The molecule has 0 bridgehead atoms. The van der Waals surface area contributed by atoms with Gasteiger partial charge < -0.3 is 14.5 Å². The second-order valence-electron chi connectivity index (χ2n) is 6.16. The van der Waals surface area contributed by atoms with Crippen molar-refractivity contribution in [1.29, 1.82) is 0 Å². The Hall–Kier alpha value is -0.840.